The van der Waals surface area contributed by atoms with Crippen LogP contribution in [-0.2, 0) is 14.8 Å². The number of benzene rings is 3. The number of amides is 1. The average molecular weight is 526 g/mol. The molecule has 0 aliphatic rings. The normalized spacial score (nSPS) is 11.2. The highest BCUT2D eigenvalue weighted by atomic mass is 35.5. The van der Waals surface area contributed by atoms with Crippen LogP contribution in [0.1, 0.15) is 18.9 Å². The minimum absolute atomic E-state index is 0.0126. The largest absolute Gasteiger partial charge is 0.495 e. The molecule has 0 saturated carbocycles. The van der Waals surface area contributed by atoms with E-state index in [9.17, 15) is 13.2 Å². The van der Waals surface area contributed by atoms with Gasteiger partial charge in [0.05, 0.1) is 17.7 Å². The van der Waals surface area contributed by atoms with Crippen LogP contribution in [0.5, 0.6) is 5.75 Å². The third-order valence-electron chi connectivity index (χ3n) is 5.55. The van der Waals surface area contributed by atoms with E-state index < -0.39 is 10.0 Å². The van der Waals surface area contributed by atoms with Gasteiger partial charge in [0.2, 0.25) is 5.91 Å². The maximum atomic E-state index is 13.0. The SMILES string of the molecule is CCC(=O)N(c1ccc(S(=O)(=O)Nc2ccon2)cc1)c1ccc(-c2ccc(Cl)c(C)c2)cc1OC. The second-order valence-corrected chi connectivity index (χ2v) is 10.0. The molecule has 0 radical (unpaired) electrons. The summed E-state index contributed by atoms with van der Waals surface area (Å²) in [5.41, 5.74) is 3.85. The molecule has 0 atom stereocenters. The third-order valence-corrected chi connectivity index (χ3v) is 7.34. The first-order valence-corrected chi connectivity index (χ1v) is 12.9. The maximum absolute atomic E-state index is 13.0. The first kappa shape index (κ1) is 25.3. The highest BCUT2D eigenvalue weighted by Gasteiger charge is 2.22. The van der Waals surface area contributed by atoms with E-state index in [1.807, 2.05) is 43.3 Å². The molecule has 0 aliphatic carbocycles. The molecule has 8 nitrogen and oxygen atoms in total. The Kier molecular flexibility index (Phi) is 7.32. The lowest BCUT2D eigenvalue weighted by molar-refractivity contribution is -0.117. The summed E-state index contributed by atoms with van der Waals surface area (Å²) in [7, 11) is -2.34. The lowest BCUT2D eigenvalue weighted by Gasteiger charge is -2.25. The number of anilines is 3. The molecule has 186 valence electrons. The zero-order valence-electron chi connectivity index (χ0n) is 19.9. The summed E-state index contributed by atoms with van der Waals surface area (Å²) >= 11 is 6.17. The minimum atomic E-state index is -3.88. The lowest BCUT2D eigenvalue weighted by atomic mass is 10.0. The Balaban J connectivity index is 1.70. The Hall–Kier alpha value is -3.82. The zero-order chi connectivity index (χ0) is 25.9. The first-order valence-electron chi connectivity index (χ1n) is 11.0. The quantitative estimate of drug-likeness (QED) is 0.294. The Labute approximate surface area is 214 Å². The van der Waals surface area contributed by atoms with Gasteiger partial charge in [-0.05, 0) is 72.1 Å². The van der Waals surface area contributed by atoms with Crippen LogP contribution in [0.15, 0.2) is 82.4 Å². The van der Waals surface area contributed by atoms with Crippen molar-refractivity contribution in [2.24, 2.45) is 0 Å². The predicted octanol–water partition coefficient (Wildman–Crippen LogP) is 6.19. The van der Waals surface area contributed by atoms with E-state index in [1.54, 1.807) is 19.1 Å². The molecule has 0 saturated heterocycles. The smallest absolute Gasteiger partial charge is 0.263 e. The van der Waals surface area contributed by atoms with Crippen LogP contribution < -0.4 is 14.4 Å². The molecule has 0 fully saturated rings. The van der Waals surface area contributed by atoms with Crippen molar-refractivity contribution >= 4 is 44.7 Å². The van der Waals surface area contributed by atoms with Crippen LogP contribution >= 0.6 is 11.6 Å². The Morgan fingerprint density at radius 1 is 1.06 bits per heavy atom. The highest BCUT2D eigenvalue weighted by Crippen LogP contribution is 2.38. The van der Waals surface area contributed by atoms with Crippen LogP contribution in [0, 0.1) is 6.92 Å². The van der Waals surface area contributed by atoms with Gasteiger partial charge in [-0.25, -0.2) is 8.42 Å². The van der Waals surface area contributed by atoms with Gasteiger partial charge in [-0.3, -0.25) is 14.4 Å². The monoisotopic (exact) mass is 525 g/mol. The number of nitrogens with one attached hydrogen (secondary N) is 1. The molecular formula is C26H24ClN3O5S. The molecule has 10 heteroatoms. The molecule has 1 heterocycles. The van der Waals surface area contributed by atoms with Gasteiger partial charge in [0.1, 0.15) is 12.0 Å². The summed E-state index contributed by atoms with van der Waals surface area (Å²) in [5, 5.41) is 4.25. The van der Waals surface area contributed by atoms with Gasteiger partial charge in [-0.1, -0.05) is 35.8 Å². The van der Waals surface area contributed by atoms with Gasteiger partial charge in [0.25, 0.3) is 10.0 Å². The van der Waals surface area contributed by atoms with Gasteiger partial charge in [-0.15, -0.1) is 0 Å². The van der Waals surface area contributed by atoms with Gasteiger partial charge < -0.3 is 9.26 Å². The number of carbonyl (C=O) groups excluding carboxylic acids is 1. The van der Waals surface area contributed by atoms with E-state index in [-0.39, 0.29) is 23.0 Å². The van der Waals surface area contributed by atoms with E-state index in [1.165, 1.54) is 36.5 Å². The lowest BCUT2D eigenvalue weighted by Crippen LogP contribution is -2.25. The number of halogens is 1. The molecule has 3 aromatic carbocycles. The molecule has 4 aromatic rings. The van der Waals surface area contributed by atoms with E-state index in [0.717, 1.165) is 16.7 Å². The van der Waals surface area contributed by atoms with Crippen LogP contribution in [0.2, 0.25) is 5.02 Å². The molecule has 0 spiro atoms. The maximum Gasteiger partial charge on any atom is 0.263 e. The van der Waals surface area contributed by atoms with Crippen LogP contribution in [0.4, 0.5) is 17.2 Å². The molecule has 1 N–H and O–H groups in total. The second kappa shape index (κ2) is 10.4. The molecule has 1 aromatic heterocycles. The molecule has 0 aliphatic heterocycles. The zero-order valence-corrected chi connectivity index (χ0v) is 21.4. The van der Waals surface area contributed by atoms with E-state index in [0.29, 0.717) is 22.1 Å². The van der Waals surface area contributed by atoms with Crippen molar-refractivity contribution in [2.75, 3.05) is 16.7 Å². The van der Waals surface area contributed by atoms with Crippen molar-refractivity contribution in [3.8, 4) is 16.9 Å². The molecule has 1 amide bonds. The van der Waals surface area contributed by atoms with Gasteiger partial charge >= 0.3 is 0 Å². The van der Waals surface area contributed by atoms with E-state index in [4.69, 9.17) is 16.3 Å². The number of ether oxygens (including phenoxy) is 1. The number of aromatic nitrogens is 1. The van der Waals surface area contributed by atoms with Gasteiger partial charge in [0, 0.05) is 23.2 Å². The topological polar surface area (TPSA) is 102 Å². The predicted molar refractivity (Wildman–Crippen MR) is 139 cm³/mol. The molecule has 4 rings (SSSR count). The number of hydrogen-bond acceptors (Lipinski definition) is 6. The summed E-state index contributed by atoms with van der Waals surface area (Å²) in [5.74, 6) is 0.383. The van der Waals surface area contributed by atoms with E-state index in [2.05, 4.69) is 14.4 Å². The van der Waals surface area contributed by atoms with Crippen molar-refractivity contribution in [2.45, 2.75) is 25.2 Å². The Bertz CT molecular complexity index is 1490. The van der Waals surface area contributed by atoms with Crippen molar-refractivity contribution in [3.05, 3.63) is 83.6 Å². The van der Waals surface area contributed by atoms with Crippen LogP contribution in [0.3, 0.4) is 0 Å². The Morgan fingerprint density at radius 3 is 2.36 bits per heavy atom. The van der Waals surface area contributed by atoms with Gasteiger partial charge in [-0.2, -0.15) is 0 Å². The van der Waals surface area contributed by atoms with Crippen molar-refractivity contribution in [1.29, 1.82) is 0 Å². The van der Waals surface area contributed by atoms with E-state index >= 15 is 0 Å². The number of methoxy groups -OCH3 is 1. The van der Waals surface area contributed by atoms with Crippen LogP contribution in [0.25, 0.3) is 11.1 Å². The fourth-order valence-corrected chi connectivity index (χ4v) is 4.79. The standard InChI is InChI=1S/C26H24ClN3O5S/c1-4-26(31)30(20-7-9-21(10-8-20)36(32,33)29-25-13-14-35-28-25)23-12-6-19(16-24(23)34-3)18-5-11-22(27)17(2)15-18/h5-16H,4H2,1-3H3,(H,28,29). The number of carbonyl (C=O) groups is 1. The fourth-order valence-electron chi connectivity index (χ4n) is 3.68. The second-order valence-electron chi connectivity index (χ2n) is 7.92. The number of sulfonamides is 1. The van der Waals surface area contributed by atoms with Crippen LogP contribution in [-0.4, -0.2) is 26.6 Å². The highest BCUT2D eigenvalue weighted by molar-refractivity contribution is 7.92. The van der Waals surface area contributed by atoms with Crippen molar-refractivity contribution in [1.82, 2.24) is 5.16 Å². The molecule has 36 heavy (non-hydrogen) atoms. The molecule has 0 bridgehead atoms. The number of nitrogens with zero attached hydrogens (tertiary/aromatic N) is 2. The number of aryl methyl sites for hydroxylation is 1. The summed E-state index contributed by atoms with van der Waals surface area (Å²) in [4.78, 5) is 14.5. The summed E-state index contributed by atoms with van der Waals surface area (Å²) in [6.07, 6.45) is 1.50. The average Bonchev–Trinajstić information content (AvgIpc) is 3.38. The number of hydrogen-bond donors (Lipinski definition) is 1. The summed E-state index contributed by atoms with van der Waals surface area (Å²) in [6.45, 7) is 3.69. The summed E-state index contributed by atoms with van der Waals surface area (Å²) in [6, 6.07) is 18.7. The molecule has 0 unspecified atom stereocenters. The minimum Gasteiger partial charge on any atom is -0.495 e. The van der Waals surface area contributed by atoms with Crippen molar-refractivity contribution in [3.63, 3.8) is 0 Å². The van der Waals surface area contributed by atoms with Gasteiger partial charge in [0.15, 0.2) is 5.82 Å². The van der Waals surface area contributed by atoms with Crippen molar-refractivity contribution < 1.29 is 22.5 Å². The fraction of sp³-hybridized carbons (Fsp3) is 0.154. The third kappa shape index (κ3) is 5.22. The first-order chi connectivity index (χ1) is 17.2. The Morgan fingerprint density at radius 2 is 1.75 bits per heavy atom. The number of rotatable bonds is 8. The summed E-state index contributed by atoms with van der Waals surface area (Å²) < 4.78 is 38.0. The molecular weight excluding hydrogens is 502 g/mol.